The lowest BCUT2D eigenvalue weighted by atomic mass is 9.83. The number of carbonyl (C=O) groups is 3. The first-order chi connectivity index (χ1) is 18.7. The predicted octanol–water partition coefficient (Wildman–Crippen LogP) is 4.21. The maximum atomic E-state index is 14.0. The number of anilines is 1. The van der Waals surface area contributed by atoms with E-state index in [0.717, 1.165) is 22.1 Å². The van der Waals surface area contributed by atoms with Gasteiger partial charge in [0.1, 0.15) is 6.04 Å². The fourth-order valence-electron chi connectivity index (χ4n) is 5.99. The van der Waals surface area contributed by atoms with Crippen LogP contribution in [0.1, 0.15) is 33.1 Å². The zero-order valence-corrected chi connectivity index (χ0v) is 20.5. The summed E-state index contributed by atoms with van der Waals surface area (Å²) < 4.78 is 0. The smallest absolute Gasteiger partial charge is 0.271 e. The number of imide groups is 1. The minimum Gasteiger partial charge on any atom is -0.358 e. The van der Waals surface area contributed by atoms with Gasteiger partial charge in [0.05, 0.1) is 33.4 Å². The number of hydrogen-bond donors (Lipinski definition) is 0. The van der Waals surface area contributed by atoms with E-state index in [2.05, 4.69) is 0 Å². The Morgan fingerprint density at radius 2 is 1.54 bits per heavy atom. The molecule has 39 heavy (non-hydrogen) atoms. The quantitative estimate of drug-likeness (QED) is 0.209. The van der Waals surface area contributed by atoms with Gasteiger partial charge in [0, 0.05) is 36.0 Å². The van der Waals surface area contributed by atoms with Crippen molar-refractivity contribution in [3.05, 3.63) is 115 Å². The first-order valence-electron chi connectivity index (χ1n) is 12.1. The van der Waals surface area contributed by atoms with Gasteiger partial charge in [0.25, 0.3) is 11.4 Å². The van der Waals surface area contributed by atoms with Crippen LogP contribution in [-0.2, 0) is 9.59 Å². The number of non-ortho nitro benzene ring substituents is 2. The highest BCUT2D eigenvalue weighted by atomic mass is 16.6. The Labute approximate surface area is 221 Å². The largest absolute Gasteiger partial charge is 0.358 e. The van der Waals surface area contributed by atoms with Gasteiger partial charge in [-0.15, -0.1) is 0 Å². The van der Waals surface area contributed by atoms with Crippen LogP contribution in [0.3, 0.4) is 0 Å². The molecule has 6 rings (SSSR count). The number of aryl methyl sites for hydroxylation is 1. The van der Waals surface area contributed by atoms with E-state index in [4.69, 9.17) is 0 Å². The molecule has 11 nitrogen and oxygen atoms in total. The number of nitrogens with zero attached hydrogens (tertiary/aromatic N) is 4. The van der Waals surface area contributed by atoms with E-state index in [-0.39, 0.29) is 22.6 Å². The SMILES string of the molecule is Cc1ccc([N+](=O)[O-])cc1N1C(=O)[C@@H]2[C@H](C1=O)[C@H]1c3ccccc3C=CN1[C@H]2C(=O)c1cccc([N+](=O)[O-])c1. The number of hydrogen-bond acceptors (Lipinski definition) is 8. The monoisotopic (exact) mass is 524 g/mol. The number of rotatable bonds is 5. The van der Waals surface area contributed by atoms with Crippen molar-refractivity contribution >= 4 is 40.7 Å². The molecule has 0 aliphatic carbocycles. The first kappa shape index (κ1) is 24.2. The summed E-state index contributed by atoms with van der Waals surface area (Å²) in [6, 6.07) is 14.8. The first-order valence-corrected chi connectivity index (χ1v) is 12.1. The minimum absolute atomic E-state index is 0.0473. The second-order valence-corrected chi connectivity index (χ2v) is 9.74. The van der Waals surface area contributed by atoms with Gasteiger partial charge in [-0.3, -0.25) is 34.6 Å². The lowest BCUT2D eigenvalue weighted by molar-refractivity contribution is -0.385. The van der Waals surface area contributed by atoms with Gasteiger partial charge in [0.15, 0.2) is 5.78 Å². The average molecular weight is 524 g/mol. The zero-order valence-electron chi connectivity index (χ0n) is 20.5. The molecule has 3 heterocycles. The van der Waals surface area contributed by atoms with Gasteiger partial charge >= 0.3 is 0 Å². The minimum atomic E-state index is -1.12. The Morgan fingerprint density at radius 1 is 0.846 bits per heavy atom. The summed E-state index contributed by atoms with van der Waals surface area (Å²) in [6.07, 6.45) is 3.49. The third-order valence-electron chi connectivity index (χ3n) is 7.72. The van der Waals surface area contributed by atoms with Crippen LogP contribution in [0.25, 0.3) is 6.08 Å². The highest BCUT2D eigenvalue weighted by Gasteiger charge is 2.64. The number of fused-ring (bicyclic) bond motifs is 5. The van der Waals surface area contributed by atoms with E-state index >= 15 is 0 Å². The Hall–Kier alpha value is -5.19. The summed E-state index contributed by atoms with van der Waals surface area (Å²) in [5, 5.41) is 22.8. The molecule has 0 saturated carbocycles. The highest BCUT2D eigenvalue weighted by molar-refractivity contribution is 6.25. The third kappa shape index (κ3) is 3.54. The number of benzene rings is 3. The molecule has 0 unspecified atom stereocenters. The van der Waals surface area contributed by atoms with Crippen molar-refractivity contribution < 1.29 is 24.2 Å². The lowest BCUT2D eigenvalue weighted by Crippen LogP contribution is -2.44. The van der Waals surface area contributed by atoms with E-state index in [1.165, 1.54) is 36.4 Å². The van der Waals surface area contributed by atoms with Crippen LogP contribution in [0.15, 0.2) is 72.9 Å². The number of ketones is 1. The van der Waals surface area contributed by atoms with E-state index in [9.17, 15) is 34.6 Å². The number of nitro benzene ring substituents is 2. The topological polar surface area (TPSA) is 144 Å². The van der Waals surface area contributed by atoms with Gasteiger partial charge in [0.2, 0.25) is 11.8 Å². The summed E-state index contributed by atoms with van der Waals surface area (Å²) in [7, 11) is 0. The molecule has 0 N–H and O–H groups in total. The second kappa shape index (κ2) is 8.69. The summed E-state index contributed by atoms with van der Waals surface area (Å²) in [5.41, 5.74) is 1.70. The van der Waals surface area contributed by atoms with Crippen LogP contribution < -0.4 is 4.90 Å². The molecule has 0 bridgehead atoms. The molecular weight excluding hydrogens is 504 g/mol. The number of Topliss-reactive ketones (excluding diaryl/α,β-unsaturated/α-hetero) is 1. The molecule has 3 aromatic rings. The average Bonchev–Trinajstić information content (AvgIpc) is 3.41. The van der Waals surface area contributed by atoms with Crippen molar-refractivity contribution in [2.24, 2.45) is 11.8 Å². The van der Waals surface area contributed by atoms with Crippen molar-refractivity contribution in [1.29, 1.82) is 0 Å². The van der Waals surface area contributed by atoms with Crippen molar-refractivity contribution in [3.63, 3.8) is 0 Å². The molecule has 2 amide bonds. The Bertz CT molecular complexity index is 1650. The Balaban J connectivity index is 1.51. The number of nitro groups is 2. The maximum absolute atomic E-state index is 14.0. The third-order valence-corrected chi connectivity index (χ3v) is 7.72. The highest BCUT2D eigenvalue weighted by Crippen LogP contribution is 2.54. The Kier molecular flexibility index (Phi) is 5.38. The van der Waals surface area contributed by atoms with E-state index < -0.39 is 51.4 Å². The standard InChI is InChI=1S/C28H20N4O7/c1-15-9-10-19(32(38)39)14-21(15)30-27(34)22-23(28(30)35)25(26(33)17-6-4-7-18(13-17)31(36)37)29-12-11-16-5-2-3-8-20(16)24(22)29/h2-14,22-25H,1H3/t22-,23+,24+,25+/m0/s1. The summed E-state index contributed by atoms with van der Waals surface area (Å²) in [4.78, 5) is 66.3. The molecule has 0 aromatic heterocycles. The zero-order chi connectivity index (χ0) is 27.6. The van der Waals surface area contributed by atoms with E-state index in [0.29, 0.717) is 5.56 Å². The molecule has 194 valence electrons. The predicted molar refractivity (Wildman–Crippen MR) is 139 cm³/mol. The molecule has 0 spiro atoms. The maximum Gasteiger partial charge on any atom is 0.271 e. The van der Waals surface area contributed by atoms with Crippen molar-refractivity contribution in [3.8, 4) is 0 Å². The van der Waals surface area contributed by atoms with Gasteiger partial charge in [-0.1, -0.05) is 42.5 Å². The molecular formula is C28H20N4O7. The van der Waals surface area contributed by atoms with Crippen molar-refractivity contribution in [1.82, 2.24) is 4.90 Å². The number of amides is 2. The Morgan fingerprint density at radius 3 is 2.28 bits per heavy atom. The molecule has 2 fully saturated rings. The van der Waals surface area contributed by atoms with Crippen LogP contribution in [0.4, 0.5) is 17.1 Å². The van der Waals surface area contributed by atoms with Crippen LogP contribution in [-0.4, -0.2) is 38.4 Å². The fourth-order valence-corrected chi connectivity index (χ4v) is 5.99. The molecule has 3 aliphatic heterocycles. The summed E-state index contributed by atoms with van der Waals surface area (Å²) >= 11 is 0. The van der Waals surface area contributed by atoms with Gasteiger partial charge in [-0.2, -0.15) is 0 Å². The van der Waals surface area contributed by atoms with Crippen LogP contribution in [0.2, 0.25) is 0 Å². The van der Waals surface area contributed by atoms with Gasteiger partial charge in [-0.25, -0.2) is 4.90 Å². The fraction of sp³-hybridized carbons (Fsp3) is 0.179. The lowest BCUT2D eigenvalue weighted by Gasteiger charge is -2.35. The molecule has 2 saturated heterocycles. The van der Waals surface area contributed by atoms with E-state index in [1.807, 2.05) is 24.3 Å². The second-order valence-electron chi connectivity index (χ2n) is 9.74. The molecule has 3 aliphatic rings. The van der Waals surface area contributed by atoms with Crippen molar-refractivity contribution in [2.75, 3.05) is 4.90 Å². The summed E-state index contributed by atoms with van der Waals surface area (Å²) in [6.45, 7) is 1.64. The molecule has 4 atom stereocenters. The summed E-state index contributed by atoms with van der Waals surface area (Å²) in [5.74, 6) is -3.78. The van der Waals surface area contributed by atoms with Crippen LogP contribution in [0.5, 0.6) is 0 Å². The van der Waals surface area contributed by atoms with Gasteiger partial charge in [-0.05, 0) is 29.7 Å². The van der Waals surface area contributed by atoms with Gasteiger partial charge < -0.3 is 4.90 Å². The van der Waals surface area contributed by atoms with Crippen LogP contribution >= 0.6 is 0 Å². The molecule has 3 aromatic carbocycles. The molecule has 11 heteroatoms. The van der Waals surface area contributed by atoms with Crippen LogP contribution in [0, 0.1) is 39.0 Å². The molecule has 0 radical (unpaired) electrons. The normalized spacial score (nSPS) is 22.9. The van der Waals surface area contributed by atoms with E-state index in [1.54, 1.807) is 24.1 Å². The van der Waals surface area contributed by atoms with Crippen molar-refractivity contribution in [2.45, 2.75) is 19.0 Å². The number of carbonyl (C=O) groups excluding carboxylic acids is 3.